The summed E-state index contributed by atoms with van der Waals surface area (Å²) in [6.07, 6.45) is 0. The van der Waals surface area contributed by atoms with Crippen LogP contribution in [-0.2, 0) is 6.54 Å². The van der Waals surface area contributed by atoms with Gasteiger partial charge in [0.25, 0.3) is 0 Å². The van der Waals surface area contributed by atoms with Gasteiger partial charge in [-0.2, -0.15) is 0 Å². The molecule has 0 aliphatic heterocycles. The molecule has 2 aromatic carbocycles. The first-order chi connectivity index (χ1) is 9.47. The summed E-state index contributed by atoms with van der Waals surface area (Å²) in [5.41, 5.74) is 7.92. The van der Waals surface area contributed by atoms with Gasteiger partial charge in [-0.25, -0.2) is 8.78 Å². The van der Waals surface area contributed by atoms with Crippen LogP contribution in [0.4, 0.5) is 14.5 Å². The maximum Gasteiger partial charge on any atom is 0.146 e. The predicted molar refractivity (Wildman–Crippen MR) is 77.5 cm³/mol. The van der Waals surface area contributed by atoms with Crippen molar-refractivity contribution in [3.63, 3.8) is 0 Å². The standard InChI is InChI=1S/C16H18F2N2/c1-11(19)13-5-8-16(15(18)9-13)20(2)10-12-3-6-14(17)7-4-12/h3-9,11H,10,19H2,1-2H3/t11-/m0/s1. The van der Waals surface area contributed by atoms with Crippen molar-refractivity contribution in [2.24, 2.45) is 5.73 Å². The number of hydrogen-bond donors (Lipinski definition) is 1. The largest absolute Gasteiger partial charge is 0.368 e. The van der Waals surface area contributed by atoms with Crippen LogP contribution in [0.15, 0.2) is 42.5 Å². The smallest absolute Gasteiger partial charge is 0.146 e. The molecule has 0 unspecified atom stereocenters. The van der Waals surface area contributed by atoms with Gasteiger partial charge >= 0.3 is 0 Å². The molecule has 0 aliphatic rings. The first-order valence-corrected chi connectivity index (χ1v) is 6.48. The Hall–Kier alpha value is -1.94. The van der Waals surface area contributed by atoms with Crippen molar-refractivity contribution in [1.29, 1.82) is 0 Å². The Morgan fingerprint density at radius 2 is 1.75 bits per heavy atom. The van der Waals surface area contributed by atoms with Crippen LogP contribution in [0.5, 0.6) is 0 Å². The number of rotatable bonds is 4. The van der Waals surface area contributed by atoms with Gasteiger partial charge in [-0.15, -0.1) is 0 Å². The van der Waals surface area contributed by atoms with Gasteiger partial charge in [-0.3, -0.25) is 0 Å². The molecule has 1 atom stereocenters. The van der Waals surface area contributed by atoms with Gasteiger partial charge in [0.15, 0.2) is 0 Å². The van der Waals surface area contributed by atoms with E-state index in [4.69, 9.17) is 5.73 Å². The first kappa shape index (κ1) is 14.5. The highest BCUT2D eigenvalue weighted by atomic mass is 19.1. The lowest BCUT2D eigenvalue weighted by Gasteiger charge is -2.21. The monoisotopic (exact) mass is 276 g/mol. The molecule has 0 fully saturated rings. The minimum absolute atomic E-state index is 0.194. The highest BCUT2D eigenvalue weighted by Gasteiger charge is 2.10. The van der Waals surface area contributed by atoms with Gasteiger partial charge in [0.1, 0.15) is 11.6 Å². The zero-order chi connectivity index (χ0) is 14.7. The fraction of sp³-hybridized carbons (Fsp3) is 0.250. The van der Waals surface area contributed by atoms with E-state index >= 15 is 0 Å². The fourth-order valence-electron chi connectivity index (χ4n) is 2.06. The second kappa shape index (κ2) is 6.01. The highest BCUT2D eigenvalue weighted by Crippen LogP contribution is 2.23. The van der Waals surface area contributed by atoms with E-state index in [-0.39, 0.29) is 17.7 Å². The normalized spacial score (nSPS) is 12.2. The number of nitrogens with zero attached hydrogens (tertiary/aromatic N) is 1. The summed E-state index contributed by atoms with van der Waals surface area (Å²) in [5.74, 6) is -0.576. The topological polar surface area (TPSA) is 29.3 Å². The van der Waals surface area contributed by atoms with E-state index in [1.165, 1.54) is 18.2 Å². The molecule has 4 heteroatoms. The third-order valence-corrected chi connectivity index (χ3v) is 3.24. The molecule has 2 rings (SSSR count). The average Bonchev–Trinajstić information content (AvgIpc) is 2.41. The van der Waals surface area contributed by atoms with Crippen molar-refractivity contribution in [3.05, 3.63) is 65.2 Å². The van der Waals surface area contributed by atoms with Crippen molar-refractivity contribution in [3.8, 4) is 0 Å². The van der Waals surface area contributed by atoms with Crippen LogP contribution < -0.4 is 10.6 Å². The molecule has 0 aliphatic carbocycles. The van der Waals surface area contributed by atoms with Crippen molar-refractivity contribution in [1.82, 2.24) is 0 Å². The van der Waals surface area contributed by atoms with Gasteiger partial charge in [0, 0.05) is 19.6 Å². The third kappa shape index (κ3) is 3.33. The lowest BCUT2D eigenvalue weighted by molar-refractivity contribution is 0.616. The lowest BCUT2D eigenvalue weighted by Crippen LogP contribution is -2.18. The Labute approximate surface area is 117 Å². The number of hydrogen-bond acceptors (Lipinski definition) is 2. The summed E-state index contributed by atoms with van der Waals surface area (Å²) >= 11 is 0. The zero-order valence-corrected chi connectivity index (χ0v) is 11.6. The van der Waals surface area contributed by atoms with Gasteiger partial charge in [-0.1, -0.05) is 18.2 Å². The van der Waals surface area contributed by atoms with E-state index in [1.54, 1.807) is 30.1 Å². The van der Waals surface area contributed by atoms with E-state index in [0.717, 1.165) is 11.1 Å². The van der Waals surface area contributed by atoms with Gasteiger partial charge in [-0.05, 0) is 42.3 Å². The molecule has 0 amide bonds. The SMILES string of the molecule is C[C@H](N)c1ccc(N(C)Cc2ccc(F)cc2)c(F)c1. The second-order valence-electron chi connectivity index (χ2n) is 4.98. The Balaban J connectivity index is 2.16. The predicted octanol–water partition coefficient (Wildman–Crippen LogP) is 3.62. The van der Waals surface area contributed by atoms with Crippen molar-refractivity contribution in [2.75, 3.05) is 11.9 Å². The van der Waals surface area contributed by atoms with Crippen LogP contribution in [0.1, 0.15) is 24.1 Å². The molecular formula is C16H18F2N2. The molecule has 0 saturated heterocycles. The fourth-order valence-corrected chi connectivity index (χ4v) is 2.06. The van der Waals surface area contributed by atoms with E-state index in [9.17, 15) is 8.78 Å². The van der Waals surface area contributed by atoms with E-state index in [1.807, 2.05) is 13.0 Å². The summed E-state index contributed by atoms with van der Waals surface area (Å²) in [7, 11) is 1.80. The maximum atomic E-state index is 14.1. The molecule has 2 aromatic rings. The number of benzene rings is 2. The third-order valence-electron chi connectivity index (χ3n) is 3.24. The van der Waals surface area contributed by atoms with E-state index < -0.39 is 0 Å². The van der Waals surface area contributed by atoms with Crippen LogP contribution in [0, 0.1) is 11.6 Å². The molecule has 106 valence electrons. The van der Waals surface area contributed by atoms with Crippen LogP contribution in [0.3, 0.4) is 0 Å². The molecule has 2 nitrogen and oxygen atoms in total. The second-order valence-corrected chi connectivity index (χ2v) is 4.98. The molecule has 0 bridgehead atoms. The van der Waals surface area contributed by atoms with Crippen molar-refractivity contribution in [2.45, 2.75) is 19.5 Å². The van der Waals surface area contributed by atoms with Gasteiger partial charge in [0.05, 0.1) is 5.69 Å². The van der Waals surface area contributed by atoms with Gasteiger partial charge in [0.2, 0.25) is 0 Å². The Morgan fingerprint density at radius 3 is 2.30 bits per heavy atom. The Morgan fingerprint density at radius 1 is 1.10 bits per heavy atom. The van der Waals surface area contributed by atoms with Gasteiger partial charge < -0.3 is 10.6 Å². The molecule has 0 heterocycles. The molecule has 20 heavy (non-hydrogen) atoms. The van der Waals surface area contributed by atoms with Crippen LogP contribution in [0.25, 0.3) is 0 Å². The van der Waals surface area contributed by atoms with Crippen LogP contribution >= 0.6 is 0 Å². The molecule has 2 N–H and O–H groups in total. The summed E-state index contributed by atoms with van der Waals surface area (Å²) in [6, 6.07) is 11.0. The number of halogens is 2. The minimum atomic E-state index is -0.301. The van der Waals surface area contributed by atoms with Crippen LogP contribution in [0.2, 0.25) is 0 Å². The molecule has 0 aromatic heterocycles. The molecular weight excluding hydrogens is 258 g/mol. The van der Waals surface area contributed by atoms with E-state index in [2.05, 4.69) is 0 Å². The number of anilines is 1. The van der Waals surface area contributed by atoms with Crippen molar-refractivity contribution < 1.29 is 8.78 Å². The average molecular weight is 276 g/mol. The van der Waals surface area contributed by atoms with Crippen LogP contribution in [-0.4, -0.2) is 7.05 Å². The first-order valence-electron chi connectivity index (χ1n) is 6.48. The molecule has 0 saturated carbocycles. The van der Waals surface area contributed by atoms with E-state index in [0.29, 0.717) is 12.2 Å². The molecule has 0 radical (unpaired) electrons. The molecule has 0 spiro atoms. The summed E-state index contributed by atoms with van der Waals surface area (Å²) < 4.78 is 26.9. The van der Waals surface area contributed by atoms with Crippen molar-refractivity contribution >= 4 is 5.69 Å². The summed E-state index contributed by atoms with van der Waals surface area (Å²) in [4.78, 5) is 1.79. The summed E-state index contributed by atoms with van der Waals surface area (Å²) in [6.45, 7) is 2.32. The zero-order valence-electron chi connectivity index (χ0n) is 11.6. The summed E-state index contributed by atoms with van der Waals surface area (Å²) in [5, 5.41) is 0. The highest BCUT2D eigenvalue weighted by molar-refractivity contribution is 5.49. The lowest BCUT2D eigenvalue weighted by atomic mass is 10.1. The Bertz CT molecular complexity index is 580. The maximum absolute atomic E-state index is 14.1. The Kier molecular flexibility index (Phi) is 4.35. The number of nitrogens with two attached hydrogens (primary N) is 1. The quantitative estimate of drug-likeness (QED) is 0.924. The minimum Gasteiger partial charge on any atom is -0.368 e.